The van der Waals surface area contributed by atoms with Gasteiger partial charge in [0.25, 0.3) is 5.91 Å². The Kier molecular flexibility index (Phi) is 7.23. The van der Waals surface area contributed by atoms with Crippen LogP contribution in [0, 0.1) is 0 Å². The Morgan fingerprint density at radius 1 is 1.24 bits per heavy atom. The normalized spacial score (nSPS) is 19.2. The lowest BCUT2D eigenvalue weighted by Crippen LogP contribution is -2.38. The topological polar surface area (TPSA) is 91.8 Å². The summed E-state index contributed by atoms with van der Waals surface area (Å²) >= 11 is 3.56. The number of benzene rings is 1. The van der Waals surface area contributed by atoms with E-state index in [1.54, 1.807) is 4.90 Å². The molecule has 2 atom stereocenters. The highest BCUT2D eigenvalue weighted by molar-refractivity contribution is 9.10. The first-order valence-electron chi connectivity index (χ1n) is 12.7. The van der Waals surface area contributed by atoms with Crippen molar-refractivity contribution < 1.29 is 19.0 Å². The van der Waals surface area contributed by atoms with Crippen LogP contribution in [-0.4, -0.2) is 48.7 Å². The van der Waals surface area contributed by atoms with Crippen molar-refractivity contribution in [2.75, 3.05) is 26.0 Å². The summed E-state index contributed by atoms with van der Waals surface area (Å²) in [4.78, 5) is 20.5. The van der Waals surface area contributed by atoms with E-state index < -0.39 is 8.07 Å². The fraction of sp³-hybridized carbons (Fsp3) is 0.481. The van der Waals surface area contributed by atoms with Crippen LogP contribution in [0.25, 0.3) is 11.0 Å². The van der Waals surface area contributed by atoms with Crippen molar-refractivity contribution in [2.24, 2.45) is 0 Å². The van der Waals surface area contributed by atoms with Crippen LogP contribution in [0.5, 0.6) is 0 Å². The molecular formula is C27H35BrN4O4Si. The lowest BCUT2D eigenvalue weighted by molar-refractivity contribution is 0.00419. The number of anilines is 1. The highest BCUT2D eigenvalue weighted by Gasteiger charge is 2.33. The molecule has 4 heterocycles. The highest BCUT2D eigenvalue weighted by Crippen LogP contribution is 2.38. The Balaban J connectivity index is 1.52. The zero-order chi connectivity index (χ0) is 26.5. The van der Waals surface area contributed by atoms with Crippen LogP contribution in [0.2, 0.25) is 25.7 Å². The number of hydrogen-bond donors (Lipinski definition) is 1. The fourth-order valence-corrected chi connectivity index (χ4v) is 6.24. The SMILES string of the molecule is CC1OCC(N(C)C(=O)c2cc3nc(N)c4c(c3n2COCC[Si](C)(C)C)COC4)c2ccc(Br)cc21. The minimum atomic E-state index is -1.25. The largest absolute Gasteiger partial charge is 0.383 e. The van der Waals surface area contributed by atoms with Crippen molar-refractivity contribution in [3.8, 4) is 0 Å². The number of nitrogens with zero attached hydrogens (tertiary/aromatic N) is 3. The van der Waals surface area contributed by atoms with Crippen LogP contribution >= 0.6 is 15.9 Å². The molecule has 0 saturated carbocycles. The van der Waals surface area contributed by atoms with Gasteiger partial charge in [-0.15, -0.1) is 0 Å². The van der Waals surface area contributed by atoms with E-state index in [0.717, 1.165) is 38.3 Å². The van der Waals surface area contributed by atoms with Crippen molar-refractivity contribution in [2.45, 2.75) is 64.7 Å². The van der Waals surface area contributed by atoms with E-state index in [2.05, 4.69) is 52.7 Å². The van der Waals surface area contributed by atoms with Crippen molar-refractivity contribution >= 4 is 46.8 Å². The minimum Gasteiger partial charge on any atom is -0.383 e. The molecule has 1 amide bonds. The summed E-state index contributed by atoms with van der Waals surface area (Å²) in [6, 6.07) is 8.84. The smallest absolute Gasteiger partial charge is 0.270 e. The molecule has 0 aliphatic carbocycles. The van der Waals surface area contributed by atoms with Crippen LogP contribution in [0.1, 0.15) is 51.8 Å². The summed E-state index contributed by atoms with van der Waals surface area (Å²) < 4.78 is 20.9. The van der Waals surface area contributed by atoms with Crippen LogP contribution in [0.15, 0.2) is 28.7 Å². The molecule has 5 rings (SSSR count). The van der Waals surface area contributed by atoms with Crippen LogP contribution in [0.3, 0.4) is 0 Å². The molecule has 8 nitrogen and oxygen atoms in total. The average molecular weight is 588 g/mol. The van der Waals surface area contributed by atoms with E-state index in [4.69, 9.17) is 19.9 Å². The molecule has 0 fully saturated rings. The third-order valence-electron chi connectivity index (χ3n) is 7.34. The summed E-state index contributed by atoms with van der Waals surface area (Å²) in [7, 11) is 0.583. The zero-order valence-corrected chi connectivity index (χ0v) is 24.7. The summed E-state index contributed by atoms with van der Waals surface area (Å²) in [6.07, 6.45) is -0.0340. The first kappa shape index (κ1) is 26.4. The molecule has 10 heteroatoms. The van der Waals surface area contributed by atoms with Crippen LogP contribution in [-0.2, 0) is 34.2 Å². The van der Waals surface area contributed by atoms with Gasteiger partial charge in [-0.05, 0) is 42.3 Å². The van der Waals surface area contributed by atoms with Crippen LogP contribution < -0.4 is 5.73 Å². The van der Waals surface area contributed by atoms with E-state index in [-0.39, 0.29) is 24.8 Å². The fourth-order valence-electron chi connectivity index (χ4n) is 5.11. The summed E-state index contributed by atoms with van der Waals surface area (Å²) in [5.41, 5.74) is 12.4. The van der Waals surface area contributed by atoms with Gasteiger partial charge in [0.2, 0.25) is 0 Å². The molecule has 37 heavy (non-hydrogen) atoms. The molecule has 2 unspecified atom stereocenters. The lowest BCUT2D eigenvalue weighted by Gasteiger charge is -2.36. The number of rotatable bonds is 7. The van der Waals surface area contributed by atoms with Gasteiger partial charge < -0.3 is 29.4 Å². The molecule has 0 bridgehead atoms. The van der Waals surface area contributed by atoms with Gasteiger partial charge in [0, 0.05) is 37.3 Å². The van der Waals surface area contributed by atoms with Gasteiger partial charge in [0.1, 0.15) is 18.2 Å². The van der Waals surface area contributed by atoms with E-state index in [0.29, 0.717) is 43.5 Å². The number of amides is 1. The summed E-state index contributed by atoms with van der Waals surface area (Å²) in [5.74, 6) is 0.341. The second-order valence-corrected chi connectivity index (χ2v) is 17.7. The highest BCUT2D eigenvalue weighted by atomic mass is 79.9. The molecule has 198 valence electrons. The minimum absolute atomic E-state index is 0.0340. The predicted octanol–water partition coefficient (Wildman–Crippen LogP) is 5.63. The van der Waals surface area contributed by atoms with Crippen LogP contribution in [0.4, 0.5) is 5.82 Å². The molecule has 0 radical (unpaired) electrons. The number of nitrogen functional groups attached to an aromatic ring is 1. The quantitative estimate of drug-likeness (QED) is 0.285. The number of pyridine rings is 1. The van der Waals surface area contributed by atoms with Gasteiger partial charge in [0.05, 0.1) is 43.0 Å². The molecule has 2 aliphatic heterocycles. The van der Waals surface area contributed by atoms with E-state index in [9.17, 15) is 4.79 Å². The molecule has 2 N–H and O–H groups in total. The molecular weight excluding hydrogens is 552 g/mol. The number of likely N-dealkylation sites (N-methyl/N-ethyl adjacent to an activating group) is 1. The predicted molar refractivity (Wildman–Crippen MR) is 150 cm³/mol. The second kappa shape index (κ2) is 10.1. The molecule has 2 aliphatic rings. The number of carbonyl (C=O) groups excluding carboxylic acids is 1. The van der Waals surface area contributed by atoms with E-state index in [1.165, 1.54) is 0 Å². The summed E-state index contributed by atoms with van der Waals surface area (Å²) in [5, 5.41) is 0. The molecule has 0 saturated heterocycles. The number of carbonyl (C=O) groups is 1. The van der Waals surface area contributed by atoms with Gasteiger partial charge in [-0.25, -0.2) is 4.98 Å². The third kappa shape index (κ3) is 5.09. The Hall–Kier alpha value is -2.24. The number of fused-ring (bicyclic) bond motifs is 4. The molecule has 1 aromatic carbocycles. The molecule has 0 spiro atoms. The summed E-state index contributed by atoms with van der Waals surface area (Å²) in [6.45, 7) is 11.2. The van der Waals surface area contributed by atoms with E-state index >= 15 is 0 Å². The number of aromatic nitrogens is 2. The number of ether oxygens (including phenoxy) is 3. The number of hydrogen-bond acceptors (Lipinski definition) is 6. The van der Waals surface area contributed by atoms with Gasteiger partial charge in [-0.3, -0.25) is 4.79 Å². The Labute approximate surface area is 227 Å². The standard InChI is InChI=1S/C27H35BrN4O4Si/c1-16-19-10-17(28)6-7-18(19)24(14-36-16)31(2)27(33)23-11-22-25(20-12-35-13-21(20)26(29)30-22)32(23)15-34-8-9-37(3,4)5/h6-7,10-11,16,24H,8-9,12-15H2,1-5H3,(H2,29,30). The maximum Gasteiger partial charge on any atom is 0.270 e. The average Bonchev–Trinajstić information content (AvgIpc) is 3.46. The van der Waals surface area contributed by atoms with Gasteiger partial charge >= 0.3 is 0 Å². The second-order valence-electron chi connectivity index (χ2n) is 11.2. The number of halogens is 1. The first-order chi connectivity index (χ1) is 17.5. The number of nitrogens with two attached hydrogens (primary N) is 1. The third-order valence-corrected chi connectivity index (χ3v) is 9.54. The van der Waals surface area contributed by atoms with Gasteiger partial charge in [-0.1, -0.05) is 41.6 Å². The first-order valence-corrected chi connectivity index (χ1v) is 17.2. The Bertz CT molecular complexity index is 1350. The molecule has 3 aromatic rings. The Morgan fingerprint density at radius 2 is 2.00 bits per heavy atom. The Morgan fingerprint density at radius 3 is 2.76 bits per heavy atom. The van der Waals surface area contributed by atoms with Crippen molar-refractivity contribution in [3.05, 3.63) is 56.7 Å². The van der Waals surface area contributed by atoms with Crippen molar-refractivity contribution in [1.29, 1.82) is 0 Å². The maximum atomic E-state index is 14.1. The molecule has 2 aromatic heterocycles. The monoisotopic (exact) mass is 586 g/mol. The van der Waals surface area contributed by atoms with E-state index in [1.807, 2.05) is 30.7 Å². The van der Waals surface area contributed by atoms with Crippen molar-refractivity contribution in [3.63, 3.8) is 0 Å². The lowest BCUT2D eigenvalue weighted by atomic mass is 9.94. The zero-order valence-electron chi connectivity index (χ0n) is 22.1. The van der Waals surface area contributed by atoms with Gasteiger partial charge in [-0.2, -0.15) is 0 Å². The van der Waals surface area contributed by atoms with Crippen molar-refractivity contribution in [1.82, 2.24) is 14.5 Å². The maximum absolute atomic E-state index is 14.1. The van der Waals surface area contributed by atoms with Gasteiger partial charge in [0.15, 0.2) is 0 Å².